The third kappa shape index (κ3) is 3.01. The second-order valence-electron chi connectivity index (χ2n) is 5.09. The van der Waals surface area contributed by atoms with Crippen molar-refractivity contribution in [1.82, 2.24) is 75.6 Å². The van der Waals surface area contributed by atoms with Crippen LogP contribution in [-0.2, 0) is 19.6 Å². The Balaban J connectivity index is 1.88. The zero-order chi connectivity index (χ0) is 18.8. The lowest BCUT2D eigenvalue weighted by atomic mass is 10.5. The SMILES string of the molecule is O=c1n(Cc2nn[nH]n2)c(=O)n(Cc2nn[nH]n2)c(=O)n1Cc1nn[nH]n1. The summed E-state index contributed by atoms with van der Waals surface area (Å²) in [4.78, 5) is 38.1. The summed E-state index contributed by atoms with van der Waals surface area (Å²) in [5.74, 6) is 0.222. The molecule has 138 valence electrons. The molecular formula is C9H9N15O3. The van der Waals surface area contributed by atoms with Gasteiger partial charge in [0.1, 0.15) is 0 Å². The van der Waals surface area contributed by atoms with Gasteiger partial charge in [-0.15, -0.1) is 30.6 Å². The number of tetrazole rings is 3. The zero-order valence-corrected chi connectivity index (χ0v) is 13.2. The fourth-order valence-electron chi connectivity index (χ4n) is 2.26. The molecule has 4 heterocycles. The number of rotatable bonds is 6. The van der Waals surface area contributed by atoms with E-state index in [1.165, 1.54) is 0 Å². The summed E-state index contributed by atoms with van der Waals surface area (Å²) in [6, 6.07) is 0. The molecule has 27 heavy (non-hydrogen) atoms. The minimum atomic E-state index is -0.899. The summed E-state index contributed by atoms with van der Waals surface area (Å²) < 4.78 is 2.31. The third-order valence-electron chi connectivity index (χ3n) is 3.45. The van der Waals surface area contributed by atoms with Gasteiger partial charge in [0.2, 0.25) is 0 Å². The fraction of sp³-hybridized carbons (Fsp3) is 0.333. The molecule has 0 amide bonds. The number of hydrogen-bond donors (Lipinski definition) is 3. The molecule has 0 aromatic carbocycles. The van der Waals surface area contributed by atoms with Crippen LogP contribution in [0.5, 0.6) is 0 Å². The van der Waals surface area contributed by atoms with Gasteiger partial charge in [0.25, 0.3) is 0 Å². The van der Waals surface area contributed by atoms with E-state index < -0.39 is 17.1 Å². The zero-order valence-electron chi connectivity index (χ0n) is 13.2. The molecule has 3 N–H and O–H groups in total. The third-order valence-corrected chi connectivity index (χ3v) is 3.45. The van der Waals surface area contributed by atoms with Crippen molar-refractivity contribution in [3.63, 3.8) is 0 Å². The van der Waals surface area contributed by atoms with Crippen LogP contribution in [0.15, 0.2) is 14.4 Å². The van der Waals surface area contributed by atoms with Gasteiger partial charge < -0.3 is 0 Å². The van der Waals surface area contributed by atoms with E-state index in [1.807, 2.05) is 0 Å². The van der Waals surface area contributed by atoms with Gasteiger partial charge in [-0.2, -0.15) is 15.6 Å². The van der Waals surface area contributed by atoms with E-state index >= 15 is 0 Å². The Bertz CT molecular complexity index is 1010. The summed E-state index contributed by atoms with van der Waals surface area (Å²) in [5.41, 5.74) is -2.70. The molecule has 4 aromatic rings. The molecule has 0 aliphatic rings. The Morgan fingerprint density at radius 2 is 0.852 bits per heavy atom. The molecule has 0 fully saturated rings. The first kappa shape index (κ1) is 16.1. The second-order valence-corrected chi connectivity index (χ2v) is 5.09. The summed E-state index contributed by atoms with van der Waals surface area (Å²) in [5, 5.41) is 39.0. The van der Waals surface area contributed by atoms with Gasteiger partial charge in [-0.1, -0.05) is 15.6 Å². The van der Waals surface area contributed by atoms with Gasteiger partial charge in [-0.3, -0.25) is 0 Å². The van der Waals surface area contributed by atoms with Crippen LogP contribution in [0, 0.1) is 0 Å². The number of H-pyrrole nitrogens is 3. The molecule has 18 heteroatoms. The smallest absolute Gasteiger partial charge is 0.247 e. The highest BCUT2D eigenvalue weighted by Gasteiger charge is 2.19. The first-order valence-electron chi connectivity index (χ1n) is 7.25. The van der Waals surface area contributed by atoms with Crippen LogP contribution in [0.1, 0.15) is 17.5 Å². The van der Waals surface area contributed by atoms with Gasteiger partial charge in [-0.05, 0) is 0 Å². The molecule has 0 aliphatic carbocycles. The Hall–Kier alpha value is -4.38. The Morgan fingerprint density at radius 3 is 1.07 bits per heavy atom. The molecule has 4 aromatic heterocycles. The van der Waals surface area contributed by atoms with E-state index in [2.05, 4.69) is 61.9 Å². The van der Waals surface area contributed by atoms with E-state index in [4.69, 9.17) is 0 Å². The molecule has 0 atom stereocenters. The lowest BCUT2D eigenvalue weighted by molar-refractivity contribution is 0.476. The van der Waals surface area contributed by atoms with Crippen LogP contribution in [0.4, 0.5) is 0 Å². The molecule has 0 unspecified atom stereocenters. The number of nitrogens with zero attached hydrogens (tertiary/aromatic N) is 12. The summed E-state index contributed by atoms with van der Waals surface area (Å²) >= 11 is 0. The highest BCUT2D eigenvalue weighted by atomic mass is 16.2. The first-order valence-corrected chi connectivity index (χ1v) is 7.25. The minimum Gasteiger partial charge on any atom is -0.247 e. The fourth-order valence-corrected chi connectivity index (χ4v) is 2.26. The van der Waals surface area contributed by atoms with Crippen molar-refractivity contribution < 1.29 is 0 Å². The maximum atomic E-state index is 12.7. The number of aromatic amines is 3. The molecule has 0 bridgehead atoms. The van der Waals surface area contributed by atoms with Crippen LogP contribution >= 0.6 is 0 Å². The highest BCUT2D eigenvalue weighted by molar-refractivity contribution is 4.90. The van der Waals surface area contributed by atoms with Gasteiger partial charge in [0.15, 0.2) is 17.5 Å². The van der Waals surface area contributed by atoms with Crippen LogP contribution in [-0.4, -0.2) is 75.6 Å². The first-order chi connectivity index (χ1) is 13.1. The van der Waals surface area contributed by atoms with E-state index in [0.29, 0.717) is 0 Å². The number of hydrogen-bond acceptors (Lipinski definition) is 12. The Morgan fingerprint density at radius 1 is 0.556 bits per heavy atom. The summed E-state index contributed by atoms with van der Waals surface area (Å²) in [6.07, 6.45) is 0. The lowest BCUT2D eigenvalue weighted by Crippen LogP contribution is -2.55. The monoisotopic (exact) mass is 375 g/mol. The number of nitrogens with one attached hydrogen (secondary N) is 3. The van der Waals surface area contributed by atoms with Gasteiger partial charge in [0, 0.05) is 0 Å². The maximum absolute atomic E-state index is 12.7. The van der Waals surface area contributed by atoms with E-state index in [9.17, 15) is 14.4 Å². The predicted molar refractivity (Wildman–Crippen MR) is 79.1 cm³/mol. The Labute approximate surface area is 145 Å². The molecule has 18 nitrogen and oxygen atoms in total. The lowest BCUT2D eigenvalue weighted by Gasteiger charge is -2.11. The highest BCUT2D eigenvalue weighted by Crippen LogP contribution is 1.90. The predicted octanol–water partition coefficient (Wildman–Crippen LogP) is -5.14. The topological polar surface area (TPSA) is 229 Å². The van der Waals surface area contributed by atoms with Crippen LogP contribution in [0.2, 0.25) is 0 Å². The van der Waals surface area contributed by atoms with Crippen molar-refractivity contribution in [3.8, 4) is 0 Å². The van der Waals surface area contributed by atoms with Crippen molar-refractivity contribution in [1.29, 1.82) is 0 Å². The average molecular weight is 375 g/mol. The summed E-state index contributed by atoms with van der Waals surface area (Å²) in [6.45, 7) is -0.938. The maximum Gasteiger partial charge on any atom is 0.337 e. The van der Waals surface area contributed by atoms with E-state index in [-0.39, 0.29) is 37.1 Å². The standard InChI is InChI=1S/C9H9N15O3/c25-7-22(1-4-10-16-17-11-4)8(26)24(3-6-14-20-21-15-6)9(27)23(7)2-5-12-18-19-13-5/h1-3H2,(H,10,11,16,17)(H,12,13,18,19)(H,14,15,20,21). The van der Waals surface area contributed by atoms with Crippen LogP contribution < -0.4 is 17.1 Å². The van der Waals surface area contributed by atoms with Crippen molar-refractivity contribution in [2.45, 2.75) is 19.6 Å². The molecule has 0 aliphatic heterocycles. The second kappa shape index (κ2) is 6.50. The van der Waals surface area contributed by atoms with E-state index in [0.717, 1.165) is 13.7 Å². The van der Waals surface area contributed by atoms with Crippen molar-refractivity contribution in [2.24, 2.45) is 0 Å². The molecule has 0 saturated heterocycles. The van der Waals surface area contributed by atoms with Crippen LogP contribution in [0.25, 0.3) is 0 Å². The van der Waals surface area contributed by atoms with Gasteiger partial charge in [0.05, 0.1) is 19.6 Å². The normalized spacial score (nSPS) is 11.1. The molecule has 4 rings (SSSR count). The van der Waals surface area contributed by atoms with Crippen molar-refractivity contribution in [3.05, 3.63) is 48.9 Å². The number of aromatic nitrogens is 15. The van der Waals surface area contributed by atoms with Gasteiger partial charge in [-0.25, -0.2) is 28.1 Å². The van der Waals surface area contributed by atoms with Crippen molar-refractivity contribution in [2.75, 3.05) is 0 Å². The minimum absolute atomic E-state index is 0.0741. The van der Waals surface area contributed by atoms with Gasteiger partial charge >= 0.3 is 17.1 Å². The quantitative estimate of drug-likeness (QED) is 0.287. The Kier molecular flexibility index (Phi) is 3.88. The largest absolute Gasteiger partial charge is 0.337 e. The van der Waals surface area contributed by atoms with Crippen LogP contribution in [0.3, 0.4) is 0 Å². The average Bonchev–Trinajstić information content (AvgIpc) is 3.43. The summed E-state index contributed by atoms with van der Waals surface area (Å²) in [7, 11) is 0. The molecule has 0 spiro atoms. The van der Waals surface area contributed by atoms with E-state index in [1.54, 1.807) is 0 Å². The van der Waals surface area contributed by atoms with Crippen molar-refractivity contribution >= 4 is 0 Å². The molecular weight excluding hydrogens is 366 g/mol. The molecule has 0 radical (unpaired) electrons. The molecule has 0 saturated carbocycles.